The predicted octanol–water partition coefficient (Wildman–Crippen LogP) is 1.64. The van der Waals surface area contributed by atoms with Gasteiger partial charge in [-0.2, -0.15) is 5.10 Å². The average molecular weight is 207 g/mol. The Morgan fingerprint density at radius 3 is 3.00 bits per heavy atom. The number of nitrogens with one attached hydrogen (secondary N) is 2. The molecule has 0 bridgehead atoms. The zero-order valence-corrected chi connectivity index (χ0v) is 8.16. The van der Waals surface area contributed by atoms with Crippen molar-refractivity contribution in [3.05, 3.63) is 30.2 Å². The molecule has 0 spiro atoms. The molecule has 15 heavy (non-hydrogen) atoms. The Balaban J connectivity index is 2.29. The van der Waals surface area contributed by atoms with E-state index >= 15 is 0 Å². The van der Waals surface area contributed by atoms with Crippen molar-refractivity contribution in [2.45, 2.75) is 13.3 Å². The van der Waals surface area contributed by atoms with Gasteiger partial charge in [0.25, 0.3) is 0 Å². The third-order valence-electron chi connectivity index (χ3n) is 1.96. The summed E-state index contributed by atoms with van der Waals surface area (Å²) in [5.41, 5.74) is 1.06. The largest absolute Gasteiger partial charge is 0.335 e. The second-order valence-electron chi connectivity index (χ2n) is 2.95. The first-order valence-corrected chi connectivity index (χ1v) is 4.56. The minimum atomic E-state index is -0.416. The highest BCUT2D eigenvalue weighted by molar-refractivity contribution is 5.54. The van der Waals surface area contributed by atoms with Crippen molar-refractivity contribution < 1.29 is 4.39 Å². The van der Waals surface area contributed by atoms with Crippen molar-refractivity contribution in [3.8, 4) is 0 Å². The molecule has 2 rings (SSSR count). The van der Waals surface area contributed by atoms with Gasteiger partial charge in [0.2, 0.25) is 0 Å². The molecular weight excluding hydrogens is 197 g/mol. The molecule has 2 heterocycles. The van der Waals surface area contributed by atoms with E-state index in [0.717, 1.165) is 0 Å². The summed E-state index contributed by atoms with van der Waals surface area (Å²) >= 11 is 0. The fourth-order valence-corrected chi connectivity index (χ4v) is 1.20. The molecule has 6 heteroatoms. The number of anilines is 2. The zero-order valence-electron chi connectivity index (χ0n) is 8.16. The Morgan fingerprint density at radius 2 is 2.33 bits per heavy atom. The Labute approximate surface area is 85.8 Å². The standard InChI is InChI=1S/C9H10FN5/c1-2-7-8(10)9(12-5-11-7)15-6-3-13-14-4-6/h3-5H,2H2,1H3,(H,13,14)(H,11,12,15). The molecule has 0 saturated carbocycles. The van der Waals surface area contributed by atoms with E-state index in [9.17, 15) is 4.39 Å². The van der Waals surface area contributed by atoms with Crippen LogP contribution in [0.15, 0.2) is 18.7 Å². The van der Waals surface area contributed by atoms with Gasteiger partial charge in [0.05, 0.1) is 17.6 Å². The Morgan fingerprint density at radius 1 is 1.47 bits per heavy atom. The normalized spacial score (nSPS) is 10.3. The average Bonchev–Trinajstić information content (AvgIpc) is 2.74. The third kappa shape index (κ3) is 1.93. The van der Waals surface area contributed by atoms with Gasteiger partial charge in [-0.3, -0.25) is 5.10 Å². The lowest BCUT2D eigenvalue weighted by atomic mass is 10.3. The highest BCUT2D eigenvalue weighted by Gasteiger charge is 2.09. The smallest absolute Gasteiger partial charge is 0.187 e. The molecule has 0 saturated heterocycles. The molecule has 78 valence electrons. The second-order valence-corrected chi connectivity index (χ2v) is 2.95. The molecule has 0 amide bonds. The first-order chi connectivity index (χ1) is 7.31. The molecule has 0 atom stereocenters. The van der Waals surface area contributed by atoms with Crippen LogP contribution < -0.4 is 5.32 Å². The number of halogens is 1. The summed E-state index contributed by atoms with van der Waals surface area (Å²) in [7, 11) is 0. The fraction of sp³-hybridized carbons (Fsp3) is 0.222. The van der Waals surface area contributed by atoms with Crippen molar-refractivity contribution in [2.24, 2.45) is 0 Å². The molecule has 2 aromatic heterocycles. The minimum absolute atomic E-state index is 0.170. The molecule has 0 fully saturated rings. The van der Waals surface area contributed by atoms with Crippen LogP contribution in [-0.2, 0) is 6.42 Å². The molecule has 0 radical (unpaired) electrons. The molecule has 2 aromatic rings. The van der Waals surface area contributed by atoms with Crippen molar-refractivity contribution in [1.82, 2.24) is 20.2 Å². The maximum absolute atomic E-state index is 13.6. The van der Waals surface area contributed by atoms with Crippen LogP contribution in [-0.4, -0.2) is 20.2 Å². The van der Waals surface area contributed by atoms with E-state index in [1.54, 1.807) is 12.4 Å². The van der Waals surface area contributed by atoms with E-state index in [1.165, 1.54) is 6.33 Å². The second kappa shape index (κ2) is 4.04. The lowest BCUT2D eigenvalue weighted by Gasteiger charge is -2.05. The van der Waals surface area contributed by atoms with E-state index < -0.39 is 5.82 Å². The van der Waals surface area contributed by atoms with Gasteiger partial charge in [0.1, 0.15) is 6.33 Å². The number of aromatic amines is 1. The quantitative estimate of drug-likeness (QED) is 0.803. The van der Waals surface area contributed by atoms with Gasteiger partial charge in [-0.15, -0.1) is 0 Å². The van der Waals surface area contributed by atoms with Gasteiger partial charge in [0.15, 0.2) is 11.6 Å². The van der Waals surface area contributed by atoms with Crippen LogP contribution in [0.25, 0.3) is 0 Å². The zero-order chi connectivity index (χ0) is 10.7. The molecule has 0 aromatic carbocycles. The Hall–Kier alpha value is -1.98. The third-order valence-corrected chi connectivity index (χ3v) is 1.96. The van der Waals surface area contributed by atoms with Gasteiger partial charge in [-0.1, -0.05) is 6.92 Å². The molecule has 0 aliphatic carbocycles. The van der Waals surface area contributed by atoms with Gasteiger partial charge in [-0.05, 0) is 6.42 Å². The van der Waals surface area contributed by atoms with E-state index in [-0.39, 0.29) is 5.82 Å². The van der Waals surface area contributed by atoms with Gasteiger partial charge >= 0.3 is 0 Å². The SMILES string of the molecule is CCc1ncnc(Nc2cn[nH]c2)c1F. The maximum atomic E-state index is 13.6. The summed E-state index contributed by atoms with van der Waals surface area (Å²) in [5, 5.41) is 9.16. The van der Waals surface area contributed by atoms with Gasteiger partial charge in [-0.25, -0.2) is 14.4 Å². The van der Waals surface area contributed by atoms with E-state index in [2.05, 4.69) is 25.5 Å². The predicted molar refractivity (Wildman–Crippen MR) is 53.2 cm³/mol. The number of H-pyrrole nitrogens is 1. The summed E-state index contributed by atoms with van der Waals surface area (Å²) in [6.07, 6.45) is 5.04. The maximum Gasteiger partial charge on any atom is 0.187 e. The van der Waals surface area contributed by atoms with Crippen LogP contribution in [0.2, 0.25) is 0 Å². The van der Waals surface area contributed by atoms with Crippen LogP contribution in [0.1, 0.15) is 12.6 Å². The lowest BCUT2D eigenvalue weighted by molar-refractivity contribution is 0.599. The number of hydrogen-bond donors (Lipinski definition) is 2. The molecular formula is C9H10FN5. The van der Waals surface area contributed by atoms with Crippen LogP contribution in [0.4, 0.5) is 15.9 Å². The van der Waals surface area contributed by atoms with E-state index in [0.29, 0.717) is 17.8 Å². The highest BCUT2D eigenvalue weighted by Crippen LogP contribution is 2.17. The summed E-state index contributed by atoms with van der Waals surface area (Å²) in [4.78, 5) is 7.66. The molecule has 0 aliphatic rings. The Kier molecular flexibility index (Phi) is 2.57. The number of nitrogens with zero attached hydrogens (tertiary/aromatic N) is 3. The molecule has 2 N–H and O–H groups in total. The number of aryl methyl sites for hydroxylation is 1. The Bertz CT molecular complexity index is 440. The summed E-state index contributed by atoms with van der Waals surface area (Å²) < 4.78 is 13.6. The molecule has 0 aliphatic heterocycles. The van der Waals surface area contributed by atoms with E-state index in [1.807, 2.05) is 6.92 Å². The molecule has 0 unspecified atom stereocenters. The summed E-state index contributed by atoms with van der Waals surface area (Å²) in [6.45, 7) is 1.84. The van der Waals surface area contributed by atoms with Crippen molar-refractivity contribution in [2.75, 3.05) is 5.32 Å². The highest BCUT2D eigenvalue weighted by atomic mass is 19.1. The monoisotopic (exact) mass is 207 g/mol. The number of hydrogen-bond acceptors (Lipinski definition) is 4. The topological polar surface area (TPSA) is 66.5 Å². The van der Waals surface area contributed by atoms with Gasteiger partial charge < -0.3 is 5.32 Å². The molecule has 5 nitrogen and oxygen atoms in total. The van der Waals surface area contributed by atoms with Crippen molar-refractivity contribution in [3.63, 3.8) is 0 Å². The van der Waals surface area contributed by atoms with Crippen LogP contribution in [0.5, 0.6) is 0 Å². The van der Waals surface area contributed by atoms with E-state index in [4.69, 9.17) is 0 Å². The van der Waals surface area contributed by atoms with Crippen LogP contribution in [0.3, 0.4) is 0 Å². The number of rotatable bonds is 3. The van der Waals surface area contributed by atoms with Gasteiger partial charge in [0, 0.05) is 6.20 Å². The summed E-state index contributed by atoms with van der Waals surface area (Å²) in [5.74, 6) is -0.246. The number of aromatic nitrogens is 4. The first-order valence-electron chi connectivity index (χ1n) is 4.56. The lowest BCUT2D eigenvalue weighted by Crippen LogP contribution is -2.02. The fourth-order valence-electron chi connectivity index (χ4n) is 1.20. The van der Waals surface area contributed by atoms with Crippen LogP contribution in [0, 0.1) is 5.82 Å². The van der Waals surface area contributed by atoms with Crippen molar-refractivity contribution in [1.29, 1.82) is 0 Å². The van der Waals surface area contributed by atoms with Crippen molar-refractivity contribution >= 4 is 11.5 Å². The van der Waals surface area contributed by atoms with Crippen LogP contribution >= 0.6 is 0 Å². The summed E-state index contributed by atoms with van der Waals surface area (Å²) in [6, 6.07) is 0. The first kappa shape index (κ1) is 9.57. The minimum Gasteiger partial charge on any atom is -0.335 e.